The van der Waals surface area contributed by atoms with E-state index in [2.05, 4.69) is 0 Å². The molecule has 25 heavy (non-hydrogen) atoms. The van der Waals surface area contributed by atoms with Gasteiger partial charge in [-0.25, -0.2) is 13.2 Å². The van der Waals surface area contributed by atoms with E-state index in [4.69, 9.17) is 13.3 Å². The fourth-order valence-corrected chi connectivity index (χ4v) is 5.47. The third kappa shape index (κ3) is 7.48. The predicted octanol–water partition coefficient (Wildman–Crippen LogP) is 5.25. The van der Waals surface area contributed by atoms with Gasteiger partial charge < -0.3 is 13.3 Å². The highest BCUT2D eigenvalue weighted by Crippen LogP contribution is 2.23. The van der Waals surface area contributed by atoms with Crippen LogP contribution in [0.5, 0.6) is 0 Å². The molecule has 0 fully saturated rings. The van der Waals surface area contributed by atoms with Gasteiger partial charge in [0.25, 0.3) is 0 Å². The first-order valence-electron chi connectivity index (χ1n) is 8.73. The molecule has 0 heterocycles. The third-order valence-corrected chi connectivity index (χ3v) is 6.88. The minimum absolute atomic E-state index is 0.00975. The van der Waals surface area contributed by atoms with Crippen molar-refractivity contribution in [2.24, 2.45) is 0 Å². The molecule has 0 unspecified atom stereocenters. The quantitative estimate of drug-likeness (QED) is 0.299. The van der Waals surface area contributed by atoms with Gasteiger partial charge in [-0.05, 0) is 64.7 Å². The first-order chi connectivity index (χ1) is 11.7. The van der Waals surface area contributed by atoms with Crippen molar-refractivity contribution < 1.29 is 26.4 Å². The maximum Gasteiger partial charge on any atom is 0.501 e. The molecule has 1 aromatic rings. The summed E-state index contributed by atoms with van der Waals surface area (Å²) in [7, 11) is -1.11. The lowest BCUT2D eigenvalue weighted by Gasteiger charge is -2.31. The lowest BCUT2D eigenvalue weighted by atomic mass is 10.1. The summed E-state index contributed by atoms with van der Waals surface area (Å²) in [6.45, 7) is 7.79. The van der Waals surface area contributed by atoms with Gasteiger partial charge in [-0.3, -0.25) is 0 Å². The van der Waals surface area contributed by atoms with Crippen LogP contribution in [0.2, 0.25) is 6.04 Å². The summed E-state index contributed by atoms with van der Waals surface area (Å²) in [5.74, 6) is -3.70. The molecule has 0 aliphatic rings. The van der Waals surface area contributed by atoms with Crippen LogP contribution < -0.4 is 0 Å². The molecule has 0 saturated carbocycles. The Bertz CT molecular complexity index is 505. The van der Waals surface area contributed by atoms with E-state index in [-0.39, 0.29) is 12.2 Å². The van der Waals surface area contributed by atoms with E-state index in [1.807, 2.05) is 27.7 Å². The first-order valence-corrected chi connectivity index (χ1v) is 10.7. The van der Waals surface area contributed by atoms with Gasteiger partial charge in [0, 0.05) is 25.4 Å². The molecule has 144 valence electrons. The summed E-state index contributed by atoms with van der Waals surface area (Å²) in [5, 5.41) is 0. The van der Waals surface area contributed by atoms with Crippen LogP contribution in [0.3, 0.4) is 0 Å². The van der Waals surface area contributed by atoms with E-state index in [9.17, 15) is 13.2 Å². The molecular formula is C18H29F3O3Si. The van der Waals surface area contributed by atoms with Crippen LogP contribution in [0.15, 0.2) is 12.1 Å². The summed E-state index contributed by atoms with van der Waals surface area (Å²) < 4.78 is 56.9. The first kappa shape index (κ1) is 22.1. The van der Waals surface area contributed by atoms with Gasteiger partial charge >= 0.3 is 8.80 Å². The Kier molecular flexibility index (Phi) is 9.13. The number of benzene rings is 1. The molecule has 0 bridgehead atoms. The number of rotatable bonds is 11. The highest BCUT2D eigenvalue weighted by Gasteiger charge is 2.41. The molecule has 0 amide bonds. The zero-order valence-electron chi connectivity index (χ0n) is 15.7. The maximum atomic E-state index is 13.2. The molecule has 0 saturated heterocycles. The maximum absolute atomic E-state index is 13.2. The Hall–Kier alpha value is -0.893. The average Bonchev–Trinajstić information content (AvgIpc) is 2.50. The largest absolute Gasteiger partial charge is 0.501 e. The van der Waals surface area contributed by atoms with Crippen LogP contribution in [0.4, 0.5) is 13.2 Å². The molecule has 0 aliphatic carbocycles. The molecular weight excluding hydrogens is 349 g/mol. The number of aryl methyl sites for hydroxylation is 1. The second-order valence-corrected chi connectivity index (χ2v) is 9.40. The van der Waals surface area contributed by atoms with E-state index in [1.54, 1.807) is 7.11 Å². The molecule has 3 nitrogen and oxygen atoms in total. The number of hydrogen-bond donors (Lipinski definition) is 0. The second-order valence-electron chi connectivity index (χ2n) is 6.65. The fourth-order valence-electron chi connectivity index (χ4n) is 2.66. The zero-order valence-corrected chi connectivity index (χ0v) is 16.7. The Morgan fingerprint density at radius 3 is 1.84 bits per heavy atom. The summed E-state index contributed by atoms with van der Waals surface area (Å²) in [5.41, 5.74) is 0.462. The van der Waals surface area contributed by atoms with Gasteiger partial charge in [0.2, 0.25) is 0 Å². The third-order valence-electron chi connectivity index (χ3n) is 3.63. The molecule has 0 aliphatic heterocycles. The van der Waals surface area contributed by atoms with Crippen LogP contribution in [-0.4, -0.2) is 28.1 Å². The van der Waals surface area contributed by atoms with E-state index < -0.39 is 26.3 Å². The topological polar surface area (TPSA) is 27.7 Å². The van der Waals surface area contributed by atoms with Gasteiger partial charge in [0.1, 0.15) is 0 Å². The average molecular weight is 379 g/mol. The van der Waals surface area contributed by atoms with E-state index in [0.29, 0.717) is 18.0 Å². The monoisotopic (exact) mass is 378 g/mol. The van der Waals surface area contributed by atoms with Crippen molar-refractivity contribution >= 4 is 8.80 Å². The number of unbranched alkanes of at least 4 members (excludes halogenated alkanes) is 2. The molecule has 0 N–H and O–H groups in total. The van der Waals surface area contributed by atoms with E-state index in [1.165, 1.54) is 0 Å². The van der Waals surface area contributed by atoms with E-state index >= 15 is 0 Å². The fraction of sp³-hybridized carbons (Fsp3) is 0.667. The Balaban J connectivity index is 2.51. The van der Waals surface area contributed by atoms with Crippen molar-refractivity contribution in [1.82, 2.24) is 0 Å². The predicted molar refractivity (Wildman–Crippen MR) is 93.9 cm³/mol. The van der Waals surface area contributed by atoms with Crippen molar-refractivity contribution in [3.8, 4) is 0 Å². The summed E-state index contributed by atoms with van der Waals surface area (Å²) >= 11 is 0. The van der Waals surface area contributed by atoms with Crippen molar-refractivity contribution in [3.63, 3.8) is 0 Å². The highest BCUT2D eigenvalue weighted by molar-refractivity contribution is 6.60. The van der Waals surface area contributed by atoms with Crippen molar-refractivity contribution in [3.05, 3.63) is 35.1 Å². The van der Waals surface area contributed by atoms with Gasteiger partial charge in [-0.15, -0.1) is 0 Å². The van der Waals surface area contributed by atoms with Crippen LogP contribution in [-0.2, 0) is 19.7 Å². The SMILES string of the molecule is CO[Si](CCCCCc1cc(F)c(F)c(F)c1)(OC(C)C)OC(C)C. The molecule has 0 aromatic heterocycles. The highest BCUT2D eigenvalue weighted by atomic mass is 28.4. The van der Waals surface area contributed by atoms with Crippen LogP contribution in [0.25, 0.3) is 0 Å². The van der Waals surface area contributed by atoms with Gasteiger partial charge in [-0.2, -0.15) is 0 Å². The standard InChI is InChI=1S/C18H29F3O3Si/c1-13(2)23-25(22-5,24-14(3)4)10-8-6-7-9-15-11-16(19)18(21)17(20)12-15/h11-14H,6-10H2,1-5H3. The van der Waals surface area contributed by atoms with Crippen LogP contribution >= 0.6 is 0 Å². The Labute approximate surface area is 149 Å². The lowest BCUT2D eigenvalue weighted by molar-refractivity contribution is 0.0323. The van der Waals surface area contributed by atoms with Gasteiger partial charge in [0.05, 0.1) is 0 Å². The van der Waals surface area contributed by atoms with Crippen LogP contribution in [0.1, 0.15) is 52.5 Å². The van der Waals surface area contributed by atoms with Gasteiger partial charge in [0.15, 0.2) is 17.5 Å². The number of halogens is 3. The van der Waals surface area contributed by atoms with E-state index in [0.717, 1.165) is 31.4 Å². The summed E-state index contributed by atoms with van der Waals surface area (Å²) in [6.07, 6.45) is 2.91. The minimum atomic E-state index is -2.72. The zero-order chi connectivity index (χ0) is 19.0. The Morgan fingerprint density at radius 2 is 1.40 bits per heavy atom. The molecule has 1 aromatic carbocycles. The molecule has 7 heteroatoms. The van der Waals surface area contributed by atoms with Crippen molar-refractivity contribution in [2.75, 3.05) is 7.11 Å². The molecule has 0 radical (unpaired) electrons. The van der Waals surface area contributed by atoms with Crippen LogP contribution in [0, 0.1) is 17.5 Å². The smallest absolute Gasteiger partial charge is 0.377 e. The molecule has 0 spiro atoms. The molecule has 0 atom stereocenters. The Morgan fingerprint density at radius 1 is 0.880 bits per heavy atom. The van der Waals surface area contributed by atoms with Gasteiger partial charge in [-0.1, -0.05) is 6.42 Å². The second kappa shape index (κ2) is 10.3. The lowest BCUT2D eigenvalue weighted by Crippen LogP contribution is -2.48. The summed E-state index contributed by atoms with van der Waals surface area (Å²) in [6, 6.07) is 2.79. The van der Waals surface area contributed by atoms with Crippen molar-refractivity contribution in [2.45, 2.75) is 71.6 Å². The molecule has 1 rings (SSSR count). The van der Waals surface area contributed by atoms with Crippen molar-refractivity contribution in [1.29, 1.82) is 0 Å². The minimum Gasteiger partial charge on any atom is -0.377 e. The normalized spacial score (nSPS) is 12.4. The number of hydrogen-bond acceptors (Lipinski definition) is 3. The summed E-state index contributed by atoms with van der Waals surface area (Å²) in [4.78, 5) is 0.